The summed E-state index contributed by atoms with van der Waals surface area (Å²) in [5.74, 6) is 0. The second-order valence-corrected chi connectivity index (χ2v) is 7.27. The Morgan fingerprint density at radius 3 is 2.67 bits per heavy atom. The van der Waals surface area contributed by atoms with Gasteiger partial charge in [0.15, 0.2) is 0 Å². The van der Waals surface area contributed by atoms with Crippen LogP contribution in [0, 0.1) is 0 Å². The van der Waals surface area contributed by atoms with Gasteiger partial charge >= 0.3 is 0 Å². The molecule has 6 aromatic rings. The van der Waals surface area contributed by atoms with Gasteiger partial charge in [-0.2, -0.15) is 10.2 Å². The van der Waals surface area contributed by atoms with Crippen molar-refractivity contribution in [1.29, 1.82) is 0 Å². The first-order chi connectivity index (χ1) is 14.8. The Kier molecular flexibility index (Phi) is 3.55. The zero-order valence-corrected chi connectivity index (χ0v) is 16.2. The molecule has 0 bridgehead atoms. The van der Waals surface area contributed by atoms with Gasteiger partial charge in [-0.1, -0.05) is 6.07 Å². The van der Waals surface area contributed by atoms with Crippen molar-refractivity contribution in [1.82, 2.24) is 34.3 Å². The number of fused-ring (bicyclic) bond motifs is 2. The van der Waals surface area contributed by atoms with E-state index in [4.69, 9.17) is 0 Å². The van der Waals surface area contributed by atoms with E-state index < -0.39 is 0 Å². The summed E-state index contributed by atoms with van der Waals surface area (Å²) in [5, 5.41) is 9.86. The first kappa shape index (κ1) is 16.7. The Morgan fingerprint density at radius 2 is 1.83 bits per heavy atom. The predicted molar refractivity (Wildman–Crippen MR) is 116 cm³/mol. The largest absolute Gasteiger partial charge is 0.346 e. The van der Waals surface area contributed by atoms with E-state index in [1.54, 1.807) is 10.9 Å². The standard InChI is InChI=1S/C23H17N7/c1-29-14-18(11-27-29)21-13-28-30-6-4-15(8-22(21)30)20-12-26-23-19(20)7-17(10-25-23)16-3-2-5-24-9-16/h2-14H,1H3,(H,25,26). The van der Waals surface area contributed by atoms with Crippen molar-refractivity contribution in [3.8, 4) is 33.4 Å². The van der Waals surface area contributed by atoms with E-state index in [1.165, 1.54) is 0 Å². The summed E-state index contributed by atoms with van der Waals surface area (Å²) >= 11 is 0. The summed E-state index contributed by atoms with van der Waals surface area (Å²) in [7, 11) is 1.92. The molecule has 0 aliphatic heterocycles. The van der Waals surface area contributed by atoms with Crippen molar-refractivity contribution in [2.75, 3.05) is 0 Å². The van der Waals surface area contributed by atoms with Crippen LogP contribution in [0.3, 0.4) is 0 Å². The summed E-state index contributed by atoms with van der Waals surface area (Å²) in [6, 6.07) is 10.4. The molecule has 0 aliphatic carbocycles. The van der Waals surface area contributed by atoms with E-state index in [2.05, 4.69) is 43.3 Å². The highest BCUT2D eigenvalue weighted by Crippen LogP contribution is 2.33. The van der Waals surface area contributed by atoms with Crippen LogP contribution in [-0.2, 0) is 7.05 Å². The zero-order chi connectivity index (χ0) is 20.1. The number of aromatic nitrogens is 7. The third-order valence-corrected chi connectivity index (χ3v) is 5.37. The molecule has 0 amide bonds. The number of aromatic amines is 1. The normalized spacial score (nSPS) is 11.5. The van der Waals surface area contributed by atoms with Crippen LogP contribution in [0.1, 0.15) is 0 Å². The quantitative estimate of drug-likeness (QED) is 0.487. The van der Waals surface area contributed by atoms with Gasteiger partial charge in [0, 0.05) is 77.4 Å². The van der Waals surface area contributed by atoms with Crippen LogP contribution in [0.15, 0.2) is 79.9 Å². The smallest absolute Gasteiger partial charge is 0.137 e. The average Bonchev–Trinajstić information content (AvgIpc) is 3.51. The Hall–Kier alpha value is -4.26. The minimum atomic E-state index is 0.860. The summed E-state index contributed by atoms with van der Waals surface area (Å²) in [5.41, 5.74) is 8.28. The summed E-state index contributed by atoms with van der Waals surface area (Å²) in [4.78, 5) is 12.1. The molecule has 0 fully saturated rings. The highest BCUT2D eigenvalue weighted by molar-refractivity contribution is 5.97. The fourth-order valence-corrected chi connectivity index (χ4v) is 3.86. The number of H-pyrrole nitrogens is 1. The third-order valence-electron chi connectivity index (χ3n) is 5.37. The van der Waals surface area contributed by atoms with Crippen LogP contribution in [0.4, 0.5) is 0 Å². The van der Waals surface area contributed by atoms with Gasteiger partial charge in [0.2, 0.25) is 0 Å². The molecule has 0 aromatic carbocycles. The second kappa shape index (κ2) is 6.38. The van der Waals surface area contributed by atoms with E-state index in [1.807, 2.05) is 67.1 Å². The van der Waals surface area contributed by atoms with Gasteiger partial charge in [-0.05, 0) is 29.8 Å². The second-order valence-electron chi connectivity index (χ2n) is 7.27. The number of nitrogens with zero attached hydrogens (tertiary/aromatic N) is 6. The van der Waals surface area contributed by atoms with Gasteiger partial charge in [-0.25, -0.2) is 9.50 Å². The van der Waals surface area contributed by atoms with Crippen LogP contribution < -0.4 is 0 Å². The molecule has 0 aliphatic rings. The molecule has 0 saturated carbocycles. The minimum absolute atomic E-state index is 0.860. The molecule has 0 saturated heterocycles. The topological polar surface area (TPSA) is 76.7 Å². The monoisotopic (exact) mass is 391 g/mol. The Labute approximate surface area is 171 Å². The van der Waals surface area contributed by atoms with Crippen LogP contribution in [0.25, 0.3) is 49.9 Å². The molecular weight excluding hydrogens is 374 g/mol. The number of nitrogens with one attached hydrogen (secondary N) is 1. The maximum atomic E-state index is 4.61. The summed E-state index contributed by atoms with van der Waals surface area (Å²) < 4.78 is 3.69. The van der Waals surface area contributed by atoms with Crippen molar-refractivity contribution in [3.63, 3.8) is 0 Å². The van der Waals surface area contributed by atoms with E-state index >= 15 is 0 Å². The van der Waals surface area contributed by atoms with Crippen LogP contribution in [0.5, 0.6) is 0 Å². The Morgan fingerprint density at radius 1 is 0.867 bits per heavy atom. The molecule has 144 valence electrons. The Bertz CT molecular complexity index is 1510. The molecule has 0 radical (unpaired) electrons. The minimum Gasteiger partial charge on any atom is -0.346 e. The summed E-state index contributed by atoms with van der Waals surface area (Å²) in [6.07, 6.45) is 15.2. The van der Waals surface area contributed by atoms with Crippen molar-refractivity contribution < 1.29 is 0 Å². The zero-order valence-electron chi connectivity index (χ0n) is 16.2. The van der Waals surface area contributed by atoms with Crippen molar-refractivity contribution in [3.05, 3.63) is 79.9 Å². The predicted octanol–water partition coefficient (Wildman–Crippen LogP) is 4.34. The maximum Gasteiger partial charge on any atom is 0.137 e. The van der Waals surface area contributed by atoms with Gasteiger partial charge < -0.3 is 4.98 Å². The third kappa shape index (κ3) is 2.60. The van der Waals surface area contributed by atoms with E-state index in [9.17, 15) is 0 Å². The number of rotatable bonds is 3. The molecule has 6 aromatic heterocycles. The highest BCUT2D eigenvalue weighted by atomic mass is 15.2. The van der Waals surface area contributed by atoms with E-state index in [0.29, 0.717) is 0 Å². The lowest BCUT2D eigenvalue weighted by atomic mass is 10.0. The van der Waals surface area contributed by atoms with E-state index in [-0.39, 0.29) is 0 Å². The number of hydrogen-bond donors (Lipinski definition) is 1. The molecule has 1 N–H and O–H groups in total. The average molecular weight is 391 g/mol. The number of aryl methyl sites for hydroxylation is 1. The molecule has 0 spiro atoms. The molecule has 7 nitrogen and oxygen atoms in total. The maximum absolute atomic E-state index is 4.61. The molecule has 6 rings (SSSR count). The van der Waals surface area contributed by atoms with Gasteiger partial charge in [0.1, 0.15) is 5.65 Å². The fraction of sp³-hybridized carbons (Fsp3) is 0.0435. The fourth-order valence-electron chi connectivity index (χ4n) is 3.86. The molecule has 6 heterocycles. The van der Waals surface area contributed by atoms with Gasteiger partial charge in [-0.15, -0.1) is 0 Å². The lowest BCUT2D eigenvalue weighted by molar-refractivity contribution is 0.768. The SMILES string of the molecule is Cn1cc(-c2cnn3ccc(-c4c[nH]c5ncc(-c6cccnc6)cc45)cc23)cn1. The molecular formula is C23H17N7. The van der Waals surface area contributed by atoms with Crippen molar-refractivity contribution >= 4 is 16.6 Å². The lowest BCUT2D eigenvalue weighted by Gasteiger charge is -2.04. The molecule has 30 heavy (non-hydrogen) atoms. The highest BCUT2D eigenvalue weighted by Gasteiger charge is 2.13. The lowest BCUT2D eigenvalue weighted by Crippen LogP contribution is -1.88. The van der Waals surface area contributed by atoms with Crippen molar-refractivity contribution in [2.24, 2.45) is 7.05 Å². The van der Waals surface area contributed by atoms with Crippen LogP contribution >= 0.6 is 0 Å². The Balaban J connectivity index is 1.51. The van der Waals surface area contributed by atoms with Gasteiger partial charge in [0.25, 0.3) is 0 Å². The van der Waals surface area contributed by atoms with Crippen molar-refractivity contribution in [2.45, 2.75) is 0 Å². The first-order valence-corrected chi connectivity index (χ1v) is 9.60. The first-order valence-electron chi connectivity index (χ1n) is 9.60. The molecule has 0 atom stereocenters. The molecule has 7 heteroatoms. The van der Waals surface area contributed by atoms with E-state index in [0.717, 1.165) is 49.9 Å². The van der Waals surface area contributed by atoms with Gasteiger partial charge in [0.05, 0.1) is 17.9 Å². The van der Waals surface area contributed by atoms with Crippen LogP contribution in [0.2, 0.25) is 0 Å². The summed E-state index contributed by atoms with van der Waals surface area (Å²) in [6.45, 7) is 0. The van der Waals surface area contributed by atoms with Crippen LogP contribution in [-0.4, -0.2) is 34.3 Å². The number of hydrogen-bond acceptors (Lipinski definition) is 4. The van der Waals surface area contributed by atoms with Gasteiger partial charge in [-0.3, -0.25) is 9.67 Å². The molecule has 0 unspecified atom stereocenters. The number of pyridine rings is 3.